The van der Waals surface area contributed by atoms with Crippen molar-refractivity contribution in [1.29, 1.82) is 0 Å². The van der Waals surface area contributed by atoms with Crippen LogP contribution >= 0.6 is 0 Å². The molecular weight excluding hydrogens is 387 g/mol. The summed E-state index contributed by atoms with van der Waals surface area (Å²) in [5, 5.41) is 4.46. The summed E-state index contributed by atoms with van der Waals surface area (Å²) in [5.41, 5.74) is 4.57. The number of halogens is 3. The molecule has 0 amide bonds. The molecule has 0 unspecified atom stereocenters. The molecule has 6 heteroatoms. The number of aryl methyl sites for hydroxylation is 1. The molecule has 1 aromatic carbocycles. The Kier molecular flexibility index (Phi) is 6.06. The van der Waals surface area contributed by atoms with Gasteiger partial charge in [-0.1, -0.05) is 43.0 Å². The molecule has 2 heterocycles. The van der Waals surface area contributed by atoms with Crippen LogP contribution in [0.1, 0.15) is 30.7 Å². The SMILES string of the molecule is C=C/C(=C(C)\C=C/C)c1cnn(-c2cc(-c3cccc(C(F)(F)F)n3)ccc2C)c1. The van der Waals surface area contributed by atoms with E-state index in [1.165, 1.54) is 6.07 Å². The molecule has 154 valence electrons. The van der Waals surface area contributed by atoms with E-state index in [9.17, 15) is 13.2 Å². The summed E-state index contributed by atoms with van der Waals surface area (Å²) in [5.74, 6) is 0. The van der Waals surface area contributed by atoms with E-state index < -0.39 is 11.9 Å². The van der Waals surface area contributed by atoms with E-state index in [0.29, 0.717) is 5.56 Å². The molecule has 0 radical (unpaired) electrons. The van der Waals surface area contributed by atoms with Crippen molar-refractivity contribution in [2.24, 2.45) is 0 Å². The fraction of sp³-hybridized carbons (Fsp3) is 0.167. The van der Waals surface area contributed by atoms with Gasteiger partial charge in [0.1, 0.15) is 5.69 Å². The predicted molar refractivity (Wildman–Crippen MR) is 114 cm³/mol. The third kappa shape index (κ3) is 4.43. The first-order chi connectivity index (χ1) is 14.2. The second-order valence-electron chi connectivity index (χ2n) is 6.88. The summed E-state index contributed by atoms with van der Waals surface area (Å²) < 4.78 is 40.8. The molecule has 0 saturated carbocycles. The molecule has 3 aromatic rings. The third-order valence-corrected chi connectivity index (χ3v) is 4.73. The molecule has 3 nitrogen and oxygen atoms in total. The Morgan fingerprint density at radius 3 is 2.60 bits per heavy atom. The first-order valence-corrected chi connectivity index (χ1v) is 9.41. The van der Waals surface area contributed by atoms with Crippen LogP contribution in [0, 0.1) is 6.92 Å². The highest BCUT2D eigenvalue weighted by Crippen LogP contribution is 2.30. The van der Waals surface area contributed by atoms with Crippen LogP contribution in [0.5, 0.6) is 0 Å². The number of benzene rings is 1. The number of alkyl halides is 3. The highest BCUT2D eigenvalue weighted by Gasteiger charge is 2.32. The maximum atomic E-state index is 13.0. The first kappa shape index (κ1) is 21.3. The van der Waals surface area contributed by atoms with Crippen molar-refractivity contribution in [2.75, 3.05) is 0 Å². The summed E-state index contributed by atoms with van der Waals surface area (Å²) in [6.45, 7) is 9.77. The minimum atomic E-state index is -4.49. The molecule has 0 aliphatic rings. The van der Waals surface area contributed by atoms with E-state index in [1.54, 1.807) is 35.2 Å². The van der Waals surface area contributed by atoms with Crippen molar-refractivity contribution in [3.8, 4) is 16.9 Å². The standard InChI is InChI=1S/C24H22F3N3/c1-5-8-16(3)20(6-2)19-14-28-30(15-19)22-13-18(12-11-17(22)4)21-9-7-10-23(29-21)24(25,26)27/h5-15H,2H2,1,3-4H3/b8-5-,20-16+. The Balaban J connectivity index is 2.05. The summed E-state index contributed by atoms with van der Waals surface area (Å²) in [7, 11) is 0. The average molecular weight is 409 g/mol. The lowest BCUT2D eigenvalue weighted by molar-refractivity contribution is -0.141. The number of aromatic nitrogens is 3. The van der Waals surface area contributed by atoms with Crippen molar-refractivity contribution in [1.82, 2.24) is 14.8 Å². The molecule has 0 N–H and O–H groups in total. The quantitative estimate of drug-likeness (QED) is 0.434. The molecule has 0 saturated heterocycles. The summed E-state index contributed by atoms with van der Waals surface area (Å²) in [6, 6.07) is 9.30. The Morgan fingerprint density at radius 1 is 1.17 bits per heavy atom. The number of rotatable bonds is 5. The lowest BCUT2D eigenvalue weighted by atomic mass is 10.0. The van der Waals surface area contributed by atoms with Crippen LogP contribution in [0.4, 0.5) is 13.2 Å². The molecule has 0 spiro atoms. The van der Waals surface area contributed by atoms with Gasteiger partial charge < -0.3 is 0 Å². The lowest BCUT2D eigenvalue weighted by Crippen LogP contribution is -2.08. The summed E-state index contributed by atoms with van der Waals surface area (Å²) >= 11 is 0. The smallest absolute Gasteiger partial charge is 0.243 e. The van der Waals surface area contributed by atoms with Crippen LogP contribution in [0.2, 0.25) is 0 Å². The van der Waals surface area contributed by atoms with Crippen molar-refractivity contribution in [2.45, 2.75) is 26.9 Å². The van der Waals surface area contributed by atoms with E-state index in [2.05, 4.69) is 16.7 Å². The highest BCUT2D eigenvalue weighted by atomic mass is 19.4. The molecule has 0 atom stereocenters. The largest absolute Gasteiger partial charge is 0.433 e. The number of pyridine rings is 1. The van der Waals surface area contributed by atoms with Gasteiger partial charge in [-0.05, 0) is 55.7 Å². The van der Waals surface area contributed by atoms with Gasteiger partial charge >= 0.3 is 6.18 Å². The lowest BCUT2D eigenvalue weighted by Gasteiger charge is -2.11. The van der Waals surface area contributed by atoms with E-state index >= 15 is 0 Å². The van der Waals surface area contributed by atoms with E-state index in [-0.39, 0.29) is 5.69 Å². The number of allylic oxidation sites excluding steroid dienone is 5. The minimum absolute atomic E-state index is 0.258. The Hall–Kier alpha value is -3.41. The molecule has 2 aromatic heterocycles. The Bertz CT molecular complexity index is 1130. The van der Waals surface area contributed by atoms with E-state index in [1.807, 2.05) is 45.2 Å². The molecule has 3 rings (SSSR count). The monoisotopic (exact) mass is 409 g/mol. The maximum absolute atomic E-state index is 13.0. The number of hydrogen-bond acceptors (Lipinski definition) is 2. The van der Waals surface area contributed by atoms with Gasteiger partial charge in [0, 0.05) is 17.3 Å². The zero-order valence-corrected chi connectivity index (χ0v) is 17.0. The van der Waals surface area contributed by atoms with Gasteiger partial charge in [0.05, 0.1) is 17.6 Å². The van der Waals surface area contributed by atoms with Crippen LogP contribution in [-0.4, -0.2) is 14.8 Å². The Labute approximate surface area is 173 Å². The van der Waals surface area contributed by atoms with Gasteiger partial charge in [0.2, 0.25) is 0 Å². The van der Waals surface area contributed by atoms with E-state index in [4.69, 9.17) is 0 Å². The molecule has 30 heavy (non-hydrogen) atoms. The third-order valence-electron chi connectivity index (χ3n) is 4.73. The minimum Gasteiger partial charge on any atom is -0.243 e. The van der Waals surface area contributed by atoms with E-state index in [0.717, 1.165) is 34.0 Å². The molecule has 0 bridgehead atoms. The predicted octanol–water partition coefficient (Wildman–Crippen LogP) is 6.80. The first-order valence-electron chi connectivity index (χ1n) is 9.41. The van der Waals surface area contributed by atoms with Crippen LogP contribution in [0.15, 0.2) is 79.2 Å². The summed E-state index contributed by atoms with van der Waals surface area (Å²) in [4.78, 5) is 3.79. The fourth-order valence-corrected chi connectivity index (χ4v) is 3.21. The highest BCUT2D eigenvalue weighted by molar-refractivity contribution is 5.77. The van der Waals surface area contributed by atoms with Crippen molar-refractivity contribution >= 4 is 5.57 Å². The van der Waals surface area contributed by atoms with Gasteiger partial charge in [-0.2, -0.15) is 18.3 Å². The van der Waals surface area contributed by atoms with Gasteiger partial charge in [-0.3, -0.25) is 0 Å². The van der Waals surface area contributed by atoms with Gasteiger partial charge in [0.15, 0.2) is 0 Å². The second-order valence-corrected chi connectivity index (χ2v) is 6.88. The second kappa shape index (κ2) is 8.53. The van der Waals surface area contributed by atoms with Crippen molar-refractivity contribution < 1.29 is 13.2 Å². The van der Waals surface area contributed by atoms with Gasteiger partial charge in [-0.25, -0.2) is 9.67 Å². The number of nitrogens with zero attached hydrogens (tertiary/aromatic N) is 3. The number of hydrogen-bond donors (Lipinski definition) is 0. The zero-order chi connectivity index (χ0) is 21.9. The molecular formula is C24H22F3N3. The average Bonchev–Trinajstić information content (AvgIpc) is 3.18. The molecule has 0 aliphatic heterocycles. The molecule has 0 aliphatic carbocycles. The van der Waals surface area contributed by atoms with Crippen molar-refractivity contribution in [3.63, 3.8) is 0 Å². The zero-order valence-electron chi connectivity index (χ0n) is 17.0. The van der Waals surface area contributed by atoms with Crippen LogP contribution in [0.3, 0.4) is 0 Å². The normalized spacial score (nSPS) is 12.9. The van der Waals surface area contributed by atoms with Crippen LogP contribution in [0.25, 0.3) is 22.5 Å². The molecule has 0 fully saturated rings. The topological polar surface area (TPSA) is 30.7 Å². The Morgan fingerprint density at radius 2 is 1.93 bits per heavy atom. The summed E-state index contributed by atoms with van der Waals surface area (Å²) in [6.07, 6.45) is 4.89. The fourth-order valence-electron chi connectivity index (χ4n) is 3.21. The van der Waals surface area contributed by atoms with Crippen LogP contribution < -0.4 is 0 Å². The van der Waals surface area contributed by atoms with Crippen LogP contribution in [-0.2, 0) is 6.18 Å². The van der Waals surface area contributed by atoms with Crippen molar-refractivity contribution in [3.05, 3.63) is 96.0 Å². The van der Waals surface area contributed by atoms with Gasteiger partial charge in [0.25, 0.3) is 0 Å². The maximum Gasteiger partial charge on any atom is 0.433 e. The van der Waals surface area contributed by atoms with Gasteiger partial charge in [-0.15, -0.1) is 0 Å².